The summed E-state index contributed by atoms with van der Waals surface area (Å²) in [6, 6.07) is 2.75. The zero-order chi connectivity index (χ0) is 9.71. The van der Waals surface area contributed by atoms with Gasteiger partial charge in [-0.2, -0.15) is 0 Å². The van der Waals surface area contributed by atoms with Gasteiger partial charge in [0.05, 0.1) is 6.10 Å². The van der Waals surface area contributed by atoms with Gasteiger partial charge in [0.25, 0.3) is 0 Å². The summed E-state index contributed by atoms with van der Waals surface area (Å²) in [5.74, 6) is 0. The Morgan fingerprint density at radius 1 is 1.43 bits per heavy atom. The van der Waals surface area contributed by atoms with Crippen molar-refractivity contribution >= 4 is 0 Å². The van der Waals surface area contributed by atoms with E-state index in [1.165, 1.54) is 5.56 Å². The number of fused-ring (bicyclic) bond motifs is 4. The fraction of sp³-hybridized carbons (Fsp3) is 0.545. The molecule has 0 aliphatic carbocycles. The normalized spacial score (nSPS) is 35.7. The molecule has 14 heavy (non-hydrogen) atoms. The molecular formula is C11H14N2O. The maximum atomic E-state index is 10.1. The smallest absolute Gasteiger partial charge is 0.0949 e. The molecule has 3 heteroatoms. The summed E-state index contributed by atoms with van der Waals surface area (Å²) >= 11 is 0. The van der Waals surface area contributed by atoms with Gasteiger partial charge in [0, 0.05) is 24.5 Å². The van der Waals surface area contributed by atoms with Crippen LogP contribution in [0.3, 0.4) is 0 Å². The van der Waals surface area contributed by atoms with Crippen molar-refractivity contribution < 1.29 is 5.11 Å². The summed E-state index contributed by atoms with van der Waals surface area (Å²) in [6.07, 6.45) is 5.60. The number of nitrogens with zero attached hydrogens (tertiary/aromatic N) is 2. The lowest BCUT2D eigenvalue weighted by Crippen LogP contribution is -2.37. The highest BCUT2D eigenvalue weighted by molar-refractivity contribution is 5.34. The minimum absolute atomic E-state index is 0.315. The van der Waals surface area contributed by atoms with E-state index in [1.54, 1.807) is 6.20 Å². The predicted octanol–water partition coefficient (Wildman–Crippen LogP) is 1.26. The van der Waals surface area contributed by atoms with Gasteiger partial charge < -0.3 is 5.11 Å². The Morgan fingerprint density at radius 2 is 2.29 bits per heavy atom. The van der Waals surface area contributed by atoms with Crippen LogP contribution in [0.25, 0.3) is 0 Å². The lowest BCUT2D eigenvalue weighted by atomic mass is 9.93. The van der Waals surface area contributed by atoms with Crippen LogP contribution in [0.5, 0.6) is 0 Å². The van der Waals surface area contributed by atoms with Gasteiger partial charge in [-0.25, -0.2) is 0 Å². The number of aliphatic hydroxyl groups is 1. The highest BCUT2D eigenvalue weighted by Crippen LogP contribution is 2.46. The van der Waals surface area contributed by atoms with E-state index in [0.29, 0.717) is 12.1 Å². The van der Waals surface area contributed by atoms with Gasteiger partial charge in [-0.05, 0) is 37.1 Å². The molecule has 2 aliphatic heterocycles. The number of hydrogen-bond acceptors (Lipinski definition) is 3. The number of likely N-dealkylation sites (N-methyl/N-ethyl adjacent to an activating group) is 1. The van der Waals surface area contributed by atoms with Gasteiger partial charge in [-0.3, -0.25) is 9.88 Å². The number of aliphatic hydroxyl groups excluding tert-OH is 1. The second-order valence-corrected chi connectivity index (χ2v) is 4.28. The lowest BCUT2D eigenvalue weighted by Gasteiger charge is -2.36. The third-order valence-corrected chi connectivity index (χ3v) is 3.68. The average molecular weight is 190 g/mol. The first kappa shape index (κ1) is 8.38. The number of rotatable bonds is 0. The van der Waals surface area contributed by atoms with E-state index in [-0.39, 0.29) is 6.10 Å². The second-order valence-electron chi connectivity index (χ2n) is 4.28. The van der Waals surface area contributed by atoms with Crippen LogP contribution in [0.1, 0.15) is 36.1 Å². The first-order chi connectivity index (χ1) is 6.79. The standard InChI is InChI=1S/C11H14N2O/c1-13-9-2-3-10(13)11(14)7-4-5-12-6-8(7)9/h4-6,9-11,14H,2-3H2,1H3/t9-,10+,11+/m1/s1. The van der Waals surface area contributed by atoms with Gasteiger partial charge in [0.2, 0.25) is 0 Å². The van der Waals surface area contributed by atoms with Crippen LogP contribution < -0.4 is 0 Å². The van der Waals surface area contributed by atoms with Crippen LogP contribution in [-0.2, 0) is 0 Å². The molecular weight excluding hydrogens is 176 g/mol. The molecule has 74 valence electrons. The molecule has 1 N–H and O–H groups in total. The van der Waals surface area contributed by atoms with Crippen LogP contribution in [-0.4, -0.2) is 28.1 Å². The average Bonchev–Trinajstić information content (AvgIpc) is 2.51. The first-order valence-corrected chi connectivity index (χ1v) is 5.13. The molecule has 1 fully saturated rings. The van der Waals surface area contributed by atoms with Crippen LogP contribution in [0.15, 0.2) is 18.5 Å². The molecule has 3 atom stereocenters. The van der Waals surface area contributed by atoms with Crippen molar-refractivity contribution in [2.75, 3.05) is 7.05 Å². The first-order valence-electron chi connectivity index (χ1n) is 5.13. The van der Waals surface area contributed by atoms with Crippen molar-refractivity contribution in [2.45, 2.75) is 31.0 Å². The maximum absolute atomic E-state index is 10.1. The molecule has 1 saturated heterocycles. The predicted molar refractivity (Wildman–Crippen MR) is 52.7 cm³/mol. The van der Waals surface area contributed by atoms with E-state index in [1.807, 2.05) is 12.3 Å². The highest BCUT2D eigenvalue weighted by atomic mass is 16.3. The summed E-state index contributed by atoms with van der Waals surface area (Å²) in [5.41, 5.74) is 2.31. The van der Waals surface area contributed by atoms with Crippen molar-refractivity contribution in [3.63, 3.8) is 0 Å². The molecule has 0 unspecified atom stereocenters. The molecule has 2 aliphatic rings. The van der Waals surface area contributed by atoms with Crippen molar-refractivity contribution in [2.24, 2.45) is 0 Å². The van der Waals surface area contributed by atoms with Crippen LogP contribution in [0.2, 0.25) is 0 Å². The van der Waals surface area contributed by atoms with E-state index >= 15 is 0 Å². The quantitative estimate of drug-likeness (QED) is 0.669. The Bertz CT molecular complexity index is 366. The number of hydrogen-bond donors (Lipinski definition) is 1. The molecule has 1 aromatic heterocycles. The second kappa shape index (κ2) is 2.78. The molecule has 0 spiro atoms. The van der Waals surface area contributed by atoms with Gasteiger partial charge in [0.1, 0.15) is 0 Å². The van der Waals surface area contributed by atoms with Crippen LogP contribution >= 0.6 is 0 Å². The summed E-state index contributed by atoms with van der Waals surface area (Å²) in [5, 5.41) is 10.1. The van der Waals surface area contributed by atoms with Gasteiger partial charge in [0.15, 0.2) is 0 Å². The fourth-order valence-electron chi connectivity index (χ4n) is 2.89. The van der Waals surface area contributed by atoms with Crippen molar-refractivity contribution in [1.29, 1.82) is 0 Å². The summed E-state index contributed by atoms with van der Waals surface area (Å²) < 4.78 is 0. The van der Waals surface area contributed by atoms with E-state index in [2.05, 4.69) is 16.9 Å². The van der Waals surface area contributed by atoms with E-state index in [9.17, 15) is 5.11 Å². The Kier molecular flexibility index (Phi) is 1.66. The van der Waals surface area contributed by atoms with Crippen molar-refractivity contribution in [1.82, 2.24) is 9.88 Å². The third-order valence-electron chi connectivity index (χ3n) is 3.68. The lowest BCUT2D eigenvalue weighted by molar-refractivity contribution is 0.0555. The van der Waals surface area contributed by atoms with Crippen molar-refractivity contribution in [3.05, 3.63) is 29.6 Å². The zero-order valence-corrected chi connectivity index (χ0v) is 8.22. The molecule has 1 aromatic rings. The molecule has 3 nitrogen and oxygen atoms in total. The Morgan fingerprint density at radius 3 is 3.14 bits per heavy atom. The van der Waals surface area contributed by atoms with E-state index < -0.39 is 0 Å². The summed E-state index contributed by atoms with van der Waals surface area (Å²) in [4.78, 5) is 6.43. The molecule has 0 amide bonds. The molecule has 0 saturated carbocycles. The molecule has 2 bridgehead atoms. The van der Waals surface area contributed by atoms with Crippen LogP contribution in [0, 0.1) is 0 Å². The van der Waals surface area contributed by atoms with Crippen LogP contribution in [0.4, 0.5) is 0 Å². The number of pyridine rings is 1. The summed E-state index contributed by atoms with van der Waals surface area (Å²) in [7, 11) is 2.10. The topological polar surface area (TPSA) is 36.4 Å². The van der Waals surface area contributed by atoms with E-state index in [0.717, 1.165) is 18.4 Å². The minimum atomic E-state index is -0.322. The highest BCUT2D eigenvalue weighted by Gasteiger charge is 2.42. The Hall–Kier alpha value is -0.930. The Balaban J connectivity index is 2.17. The molecule has 0 aromatic carbocycles. The zero-order valence-electron chi connectivity index (χ0n) is 8.22. The fourth-order valence-corrected chi connectivity index (χ4v) is 2.89. The number of aromatic nitrogens is 1. The van der Waals surface area contributed by atoms with Gasteiger partial charge in [-0.15, -0.1) is 0 Å². The Labute approximate surface area is 83.4 Å². The largest absolute Gasteiger partial charge is 0.387 e. The van der Waals surface area contributed by atoms with Gasteiger partial charge in [-0.1, -0.05) is 0 Å². The molecule has 3 rings (SSSR count). The van der Waals surface area contributed by atoms with E-state index in [4.69, 9.17) is 0 Å². The molecule has 0 radical (unpaired) electrons. The minimum Gasteiger partial charge on any atom is -0.387 e. The SMILES string of the molecule is CN1[C@@H]2CC[C@H]1[C@@H](O)c1ccncc12. The monoisotopic (exact) mass is 190 g/mol. The molecule has 3 heterocycles. The van der Waals surface area contributed by atoms with Gasteiger partial charge >= 0.3 is 0 Å². The van der Waals surface area contributed by atoms with Crippen molar-refractivity contribution in [3.8, 4) is 0 Å². The third kappa shape index (κ3) is 0.913. The maximum Gasteiger partial charge on any atom is 0.0949 e. The summed E-state index contributed by atoms with van der Waals surface area (Å²) in [6.45, 7) is 0.